The molecule has 3 rings (SSSR count). The maximum absolute atomic E-state index is 13.7. The molecule has 0 aliphatic rings. The first kappa shape index (κ1) is 17.3. The van der Waals surface area contributed by atoms with Crippen LogP contribution in [0.2, 0.25) is 0 Å². The van der Waals surface area contributed by atoms with Crippen molar-refractivity contribution in [2.24, 2.45) is 0 Å². The Morgan fingerprint density at radius 2 is 1.77 bits per heavy atom. The summed E-state index contributed by atoms with van der Waals surface area (Å²) in [7, 11) is 0. The van der Waals surface area contributed by atoms with E-state index >= 15 is 0 Å². The summed E-state index contributed by atoms with van der Waals surface area (Å²) in [6.45, 7) is 3.22. The predicted octanol–water partition coefficient (Wildman–Crippen LogP) is 3.53. The number of nitrogens with one attached hydrogen (secondary N) is 2. The van der Waals surface area contributed by atoms with Gasteiger partial charge >= 0.3 is 0 Å². The molecule has 0 spiro atoms. The minimum Gasteiger partial charge on any atom is -0.324 e. The number of hydrogen-bond acceptors (Lipinski definition) is 3. The van der Waals surface area contributed by atoms with Crippen LogP contribution in [0.5, 0.6) is 0 Å². The quantitative estimate of drug-likeness (QED) is 0.754. The van der Waals surface area contributed by atoms with Gasteiger partial charge in [-0.3, -0.25) is 9.59 Å². The second kappa shape index (κ2) is 7.18. The van der Waals surface area contributed by atoms with Crippen LogP contribution in [0.15, 0.2) is 54.7 Å². The van der Waals surface area contributed by atoms with Crippen molar-refractivity contribution in [2.75, 3.05) is 10.6 Å². The van der Waals surface area contributed by atoms with Gasteiger partial charge < -0.3 is 10.6 Å². The highest BCUT2D eigenvalue weighted by Crippen LogP contribution is 2.20. The average molecular weight is 352 g/mol. The van der Waals surface area contributed by atoms with E-state index in [1.165, 1.54) is 25.1 Å². The Hall–Kier alpha value is -3.48. The number of aryl methyl sites for hydroxylation is 1. The van der Waals surface area contributed by atoms with Gasteiger partial charge in [-0.15, -0.1) is 0 Å². The smallest absolute Gasteiger partial charge is 0.255 e. The van der Waals surface area contributed by atoms with Gasteiger partial charge in [0.2, 0.25) is 5.91 Å². The monoisotopic (exact) mass is 352 g/mol. The molecule has 7 heteroatoms. The Bertz CT molecular complexity index is 964. The van der Waals surface area contributed by atoms with Gasteiger partial charge in [0.1, 0.15) is 5.82 Å². The number of nitrogens with zero attached hydrogens (tertiary/aromatic N) is 2. The molecule has 132 valence electrons. The highest BCUT2D eigenvalue weighted by Gasteiger charge is 2.10. The number of hydrogen-bond donors (Lipinski definition) is 2. The second-order valence-electron chi connectivity index (χ2n) is 5.76. The fourth-order valence-electron chi connectivity index (χ4n) is 2.49. The van der Waals surface area contributed by atoms with E-state index in [2.05, 4.69) is 15.7 Å². The Kier molecular flexibility index (Phi) is 4.79. The van der Waals surface area contributed by atoms with E-state index in [0.29, 0.717) is 11.3 Å². The third-order valence-electron chi connectivity index (χ3n) is 3.74. The first-order chi connectivity index (χ1) is 12.4. The number of amides is 2. The maximum Gasteiger partial charge on any atom is 0.255 e. The summed E-state index contributed by atoms with van der Waals surface area (Å²) in [5.74, 6) is -1.30. The van der Waals surface area contributed by atoms with Crippen molar-refractivity contribution in [3.63, 3.8) is 0 Å². The van der Waals surface area contributed by atoms with E-state index in [1.807, 2.05) is 13.0 Å². The number of aromatic nitrogens is 2. The van der Waals surface area contributed by atoms with E-state index in [0.717, 1.165) is 11.4 Å². The summed E-state index contributed by atoms with van der Waals surface area (Å²) >= 11 is 0. The van der Waals surface area contributed by atoms with Crippen molar-refractivity contribution < 1.29 is 14.0 Å². The fraction of sp³-hybridized carbons (Fsp3) is 0.105. The molecule has 0 aliphatic carbocycles. The Balaban J connectivity index is 1.76. The summed E-state index contributed by atoms with van der Waals surface area (Å²) in [4.78, 5) is 23.5. The van der Waals surface area contributed by atoms with Crippen LogP contribution in [0.3, 0.4) is 0 Å². The number of halogens is 1. The lowest BCUT2D eigenvalue weighted by molar-refractivity contribution is -0.114. The summed E-state index contributed by atoms with van der Waals surface area (Å²) in [5.41, 5.74) is 2.67. The first-order valence-corrected chi connectivity index (χ1v) is 7.93. The van der Waals surface area contributed by atoms with Crippen molar-refractivity contribution in [3.05, 3.63) is 71.8 Å². The maximum atomic E-state index is 13.7. The zero-order chi connectivity index (χ0) is 18.7. The molecule has 26 heavy (non-hydrogen) atoms. The Morgan fingerprint density at radius 3 is 2.38 bits per heavy atom. The van der Waals surface area contributed by atoms with E-state index < -0.39 is 11.7 Å². The average Bonchev–Trinajstić information content (AvgIpc) is 3.03. The molecule has 0 saturated carbocycles. The molecule has 0 aliphatic heterocycles. The van der Waals surface area contributed by atoms with Crippen LogP contribution in [-0.2, 0) is 4.79 Å². The van der Waals surface area contributed by atoms with Crippen LogP contribution in [0.4, 0.5) is 15.8 Å². The van der Waals surface area contributed by atoms with E-state index in [-0.39, 0.29) is 11.6 Å². The zero-order valence-electron chi connectivity index (χ0n) is 14.3. The number of carbonyl (C=O) groups excluding carboxylic acids is 2. The Morgan fingerprint density at radius 1 is 1.04 bits per heavy atom. The SMILES string of the molecule is CC(=O)Nc1cc(NC(=O)c2ccc(-n3nccc3C)cc2)ccc1F. The van der Waals surface area contributed by atoms with Gasteiger partial charge in [0.15, 0.2) is 0 Å². The number of benzene rings is 2. The van der Waals surface area contributed by atoms with Crippen LogP contribution in [0, 0.1) is 12.7 Å². The van der Waals surface area contributed by atoms with Gasteiger partial charge in [0.25, 0.3) is 5.91 Å². The highest BCUT2D eigenvalue weighted by atomic mass is 19.1. The molecule has 3 aromatic rings. The number of carbonyl (C=O) groups is 2. The van der Waals surface area contributed by atoms with Gasteiger partial charge in [0.05, 0.1) is 11.4 Å². The highest BCUT2D eigenvalue weighted by molar-refractivity contribution is 6.04. The topological polar surface area (TPSA) is 76.0 Å². The van der Waals surface area contributed by atoms with Crippen molar-refractivity contribution in [1.82, 2.24) is 9.78 Å². The summed E-state index contributed by atoms with van der Waals surface area (Å²) in [6.07, 6.45) is 1.71. The van der Waals surface area contributed by atoms with Gasteiger partial charge in [-0.1, -0.05) is 0 Å². The van der Waals surface area contributed by atoms with Crippen LogP contribution >= 0.6 is 0 Å². The second-order valence-corrected chi connectivity index (χ2v) is 5.76. The van der Waals surface area contributed by atoms with Crippen LogP contribution in [0.1, 0.15) is 23.0 Å². The molecule has 1 aromatic heterocycles. The lowest BCUT2D eigenvalue weighted by Gasteiger charge is -2.10. The number of rotatable bonds is 4. The number of anilines is 2. The Labute approximate surface area is 149 Å². The summed E-state index contributed by atoms with van der Waals surface area (Å²) in [5, 5.41) is 9.28. The van der Waals surface area contributed by atoms with Gasteiger partial charge in [-0.25, -0.2) is 9.07 Å². The molecule has 6 nitrogen and oxygen atoms in total. The molecule has 2 aromatic carbocycles. The van der Waals surface area contributed by atoms with E-state index in [9.17, 15) is 14.0 Å². The van der Waals surface area contributed by atoms with Crippen molar-refractivity contribution in [2.45, 2.75) is 13.8 Å². The van der Waals surface area contributed by atoms with Gasteiger partial charge in [0, 0.05) is 30.1 Å². The summed E-state index contributed by atoms with van der Waals surface area (Å²) in [6, 6.07) is 12.8. The van der Waals surface area contributed by atoms with Crippen LogP contribution in [0.25, 0.3) is 5.69 Å². The molecular weight excluding hydrogens is 335 g/mol. The van der Waals surface area contributed by atoms with Crippen molar-refractivity contribution in [3.8, 4) is 5.69 Å². The van der Waals surface area contributed by atoms with Gasteiger partial charge in [-0.05, 0) is 55.5 Å². The van der Waals surface area contributed by atoms with Gasteiger partial charge in [-0.2, -0.15) is 5.10 Å². The minimum atomic E-state index is -0.572. The molecule has 2 N–H and O–H groups in total. The third kappa shape index (κ3) is 3.77. The fourth-order valence-corrected chi connectivity index (χ4v) is 2.49. The lowest BCUT2D eigenvalue weighted by Crippen LogP contribution is -2.13. The lowest BCUT2D eigenvalue weighted by atomic mass is 10.2. The van der Waals surface area contributed by atoms with Crippen molar-refractivity contribution >= 4 is 23.2 Å². The van der Waals surface area contributed by atoms with Crippen LogP contribution < -0.4 is 10.6 Å². The molecule has 0 saturated heterocycles. The minimum absolute atomic E-state index is 0.0137. The largest absolute Gasteiger partial charge is 0.324 e. The molecule has 0 unspecified atom stereocenters. The first-order valence-electron chi connectivity index (χ1n) is 7.93. The molecule has 2 amide bonds. The standard InChI is InChI=1S/C19H17FN4O2/c1-12-9-10-21-24(12)16-6-3-14(4-7-16)19(26)23-15-5-8-17(20)18(11-15)22-13(2)25/h3-11H,1-2H3,(H,22,25)(H,23,26). The van der Waals surface area contributed by atoms with E-state index in [1.54, 1.807) is 35.1 Å². The molecule has 1 heterocycles. The third-order valence-corrected chi connectivity index (χ3v) is 3.74. The van der Waals surface area contributed by atoms with Crippen molar-refractivity contribution in [1.29, 1.82) is 0 Å². The molecular formula is C19H17FN4O2. The molecule has 0 radical (unpaired) electrons. The normalized spacial score (nSPS) is 10.4. The zero-order valence-corrected chi connectivity index (χ0v) is 14.3. The predicted molar refractivity (Wildman–Crippen MR) is 97.0 cm³/mol. The molecule has 0 bridgehead atoms. The van der Waals surface area contributed by atoms with E-state index in [4.69, 9.17) is 0 Å². The molecule has 0 fully saturated rings. The molecule has 0 atom stereocenters. The summed E-state index contributed by atoms with van der Waals surface area (Å²) < 4.78 is 15.4. The van der Waals surface area contributed by atoms with Crippen LogP contribution in [-0.4, -0.2) is 21.6 Å².